The maximum atomic E-state index is 10.8. The van der Waals surface area contributed by atoms with E-state index in [0.29, 0.717) is 11.8 Å². The second-order valence-corrected chi connectivity index (χ2v) is 4.39. The molecule has 0 spiro atoms. The molecule has 0 amide bonds. The summed E-state index contributed by atoms with van der Waals surface area (Å²) in [6.45, 7) is 0. The summed E-state index contributed by atoms with van der Waals surface area (Å²) in [4.78, 5) is 15.1. The lowest BCUT2D eigenvalue weighted by molar-refractivity contribution is -0.146. The van der Waals surface area contributed by atoms with Crippen LogP contribution in [-0.4, -0.2) is 21.2 Å². The van der Waals surface area contributed by atoms with Gasteiger partial charge in [-0.25, -0.2) is 0 Å². The molecule has 2 saturated carbocycles. The topological polar surface area (TPSA) is 76.2 Å². The van der Waals surface area contributed by atoms with Gasteiger partial charge in [0.05, 0.1) is 11.8 Å². The first-order valence-electron chi connectivity index (χ1n) is 5.32. The Balaban J connectivity index is 1.77. The van der Waals surface area contributed by atoms with Crippen LogP contribution < -0.4 is 0 Å². The number of aliphatic carboxylic acids is 1. The van der Waals surface area contributed by atoms with Crippen LogP contribution in [0.3, 0.4) is 0 Å². The van der Waals surface area contributed by atoms with E-state index in [2.05, 4.69) is 10.1 Å². The number of nitrogens with zero attached hydrogens (tertiary/aromatic N) is 2. The monoisotopic (exact) mass is 208 g/mol. The quantitative estimate of drug-likeness (QED) is 0.815. The number of carboxylic acid groups (broad SMARTS) is 1. The van der Waals surface area contributed by atoms with Crippen LogP contribution >= 0.6 is 0 Å². The Morgan fingerprint density at radius 1 is 1.33 bits per heavy atom. The molecule has 0 unspecified atom stereocenters. The van der Waals surface area contributed by atoms with E-state index >= 15 is 0 Å². The van der Waals surface area contributed by atoms with Crippen molar-refractivity contribution in [3.63, 3.8) is 0 Å². The first-order valence-corrected chi connectivity index (χ1v) is 5.32. The van der Waals surface area contributed by atoms with Crippen LogP contribution in [0.25, 0.3) is 0 Å². The Morgan fingerprint density at radius 2 is 2.13 bits per heavy atom. The van der Waals surface area contributed by atoms with Crippen LogP contribution in [0.2, 0.25) is 0 Å². The van der Waals surface area contributed by atoms with E-state index in [1.165, 1.54) is 0 Å². The van der Waals surface area contributed by atoms with Crippen LogP contribution in [0.1, 0.15) is 49.2 Å². The third-order valence-corrected chi connectivity index (χ3v) is 3.31. The van der Waals surface area contributed by atoms with Crippen molar-refractivity contribution in [3.8, 4) is 0 Å². The third kappa shape index (κ3) is 1.42. The van der Waals surface area contributed by atoms with Crippen molar-refractivity contribution in [1.82, 2.24) is 10.1 Å². The van der Waals surface area contributed by atoms with Gasteiger partial charge in [0.25, 0.3) is 0 Å². The number of hydrogen-bond donors (Lipinski definition) is 1. The molecule has 1 N–H and O–H groups in total. The molecule has 3 rings (SSSR count). The van der Waals surface area contributed by atoms with Gasteiger partial charge in [-0.15, -0.1) is 0 Å². The van der Waals surface area contributed by atoms with Crippen molar-refractivity contribution in [2.45, 2.75) is 37.5 Å². The van der Waals surface area contributed by atoms with Gasteiger partial charge < -0.3 is 9.63 Å². The highest BCUT2D eigenvalue weighted by Gasteiger charge is 2.42. The predicted octanol–water partition coefficient (Wildman–Crippen LogP) is 1.53. The minimum Gasteiger partial charge on any atom is -0.481 e. The van der Waals surface area contributed by atoms with E-state index in [1.54, 1.807) is 0 Å². The zero-order valence-corrected chi connectivity index (χ0v) is 8.22. The molecule has 1 aromatic rings. The number of carboxylic acids is 1. The number of carbonyl (C=O) groups is 1. The highest BCUT2D eigenvalue weighted by molar-refractivity contribution is 5.72. The standard InChI is InChI=1S/C10H12N2O3/c13-10(14)7-4-3-6(7)9-11-8(12-15-9)5-1-2-5/h5-7H,1-4H2,(H,13,14)/t6-,7+/m0/s1. The van der Waals surface area contributed by atoms with Crippen LogP contribution in [0.5, 0.6) is 0 Å². The summed E-state index contributed by atoms with van der Waals surface area (Å²) < 4.78 is 5.13. The molecule has 0 saturated heterocycles. The Bertz CT molecular complexity index is 397. The van der Waals surface area contributed by atoms with Gasteiger partial charge in [0, 0.05) is 5.92 Å². The molecule has 0 bridgehead atoms. The average Bonchev–Trinajstić information content (AvgIpc) is 2.85. The van der Waals surface area contributed by atoms with E-state index in [9.17, 15) is 4.79 Å². The van der Waals surface area contributed by atoms with E-state index in [1.807, 2.05) is 0 Å². The molecule has 0 aromatic carbocycles. The lowest BCUT2D eigenvalue weighted by Gasteiger charge is -2.29. The van der Waals surface area contributed by atoms with Crippen molar-refractivity contribution in [3.05, 3.63) is 11.7 Å². The third-order valence-electron chi connectivity index (χ3n) is 3.31. The van der Waals surface area contributed by atoms with Crippen LogP contribution in [-0.2, 0) is 4.79 Å². The molecule has 5 heteroatoms. The summed E-state index contributed by atoms with van der Waals surface area (Å²) >= 11 is 0. The molecular weight excluding hydrogens is 196 g/mol. The van der Waals surface area contributed by atoms with Crippen LogP contribution in [0.15, 0.2) is 4.52 Å². The Morgan fingerprint density at radius 3 is 2.67 bits per heavy atom. The van der Waals surface area contributed by atoms with Gasteiger partial charge in [-0.3, -0.25) is 4.79 Å². The lowest BCUT2D eigenvalue weighted by atomic mass is 9.73. The van der Waals surface area contributed by atoms with E-state index in [4.69, 9.17) is 9.63 Å². The SMILES string of the molecule is O=C(O)[C@@H]1CC[C@@H]1c1nc(C2CC2)no1. The summed E-state index contributed by atoms with van der Waals surface area (Å²) in [5.41, 5.74) is 0. The normalized spacial score (nSPS) is 29.9. The molecule has 2 aliphatic carbocycles. The maximum absolute atomic E-state index is 10.8. The highest BCUT2D eigenvalue weighted by atomic mass is 16.5. The molecule has 2 atom stereocenters. The fourth-order valence-electron chi connectivity index (χ4n) is 2.00. The fourth-order valence-corrected chi connectivity index (χ4v) is 2.00. The zero-order chi connectivity index (χ0) is 10.4. The maximum Gasteiger partial charge on any atom is 0.307 e. The summed E-state index contributed by atoms with van der Waals surface area (Å²) in [6, 6.07) is 0. The highest BCUT2D eigenvalue weighted by Crippen LogP contribution is 2.44. The molecule has 0 radical (unpaired) electrons. The van der Waals surface area contributed by atoms with Crippen molar-refractivity contribution in [2.75, 3.05) is 0 Å². The molecule has 0 aliphatic heterocycles. The van der Waals surface area contributed by atoms with E-state index in [0.717, 1.165) is 31.5 Å². The Kier molecular flexibility index (Phi) is 1.81. The van der Waals surface area contributed by atoms with Gasteiger partial charge in [0.1, 0.15) is 0 Å². The van der Waals surface area contributed by atoms with Crippen LogP contribution in [0.4, 0.5) is 0 Å². The summed E-state index contributed by atoms with van der Waals surface area (Å²) in [6.07, 6.45) is 3.84. The number of aromatic nitrogens is 2. The molecular formula is C10H12N2O3. The Hall–Kier alpha value is -1.39. The Labute approximate surface area is 86.5 Å². The van der Waals surface area contributed by atoms with E-state index in [-0.39, 0.29) is 11.8 Å². The van der Waals surface area contributed by atoms with Crippen LogP contribution in [0, 0.1) is 5.92 Å². The van der Waals surface area contributed by atoms with Crippen molar-refractivity contribution in [2.24, 2.45) is 5.92 Å². The average molecular weight is 208 g/mol. The number of rotatable bonds is 3. The van der Waals surface area contributed by atoms with Gasteiger partial charge in [-0.1, -0.05) is 5.16 Å². The fraction of sp³-hybridized carbons (Fsp3) is 0.700. The summed E-state index contributed by atoms with van der Waals surface area (Å²) in [5.74, 6) is 0.625. The summed E-state index contributed by atoms with van der Waals surface area (Å²) in [7, 11) is 0. The summed E-state index contributed by atoms with van der Waals surface area (Å²) in [5, 5.41) is 12.8. The molecule has 2 aliphatic rings. The number of hydrogen-bond acceptors (Lipinski definition) is 4. The zero-order valence-electron chi connectivity index (χ0n) is 8.22. The molecule has 2 fully saturated rings. The second kappa shape index (κ2) is 3.05. The largest absolute Gasteiger partial charge is 0.481 e. The van der Waals surface area contributed by atoms with Crippen molar-refractivity contribution < 1.29 is 14.4 Å². The van der Waals surface area contributed by atoms with Crippen molar-refractivity contribution >= 4 is 5.97 Å². The predicted molar refractivity (Wildman–Crippen MR) is 49.4 cm³/mol. The van der Waals surface area contributed by atoms with Gasteiger partial charge in [0.2, 0.25) is 5.89 Å². The molecule has 1 aromatic heterocycles. The molecule has 80 valence electrons. The molecule has 1 heterocycles. The smallest absolute Gasteiger partial charge is 0.307 e. The lowest BCUT2D eigenvalue weighted by Crippen LogP contribution is -2.31. The first-order chi connectivity index (χ1) is 7.25. The molecule has 5 nitrogen and oxygen atoms in total. The second-order valence-electron chi connectivity index (χ2n) is 4.39. The van der Waals surface area contributed by atoms with Crippen molar-refractivity contribution in [1.29, 1.82) is 0 Å². The molecule has 15 heavy (non-hydrogen) atoms. The van der Waals surface area contributed by atoms with Gasteiger partial charge in [0.15, 0.2) is 5.82 Å². The van der Waals surface area contributed by atoms with Gasteiger partial charge in [-0.05, 0) is 25.7 Å². The minimum absolute atomic E-state index is 0.0532. The van der Waals surface area contributed by atoms with E-state index < -0.39 is 5.97 Å². The first kappa shape index (κ1) is 8.88. The van der Waals surface area contributed by atoms with Gasteiger partial charge >= 0.3 is 5.97 Å². The van der Waals surface area contributed by atoms with Gasteiger partial charge in [-0.2, -0.15) is 4.98 Å². The minimum atomic E-state index is -0.752.